The normalized spacial score (nSPS) is 18.4. The van der Waals surface area contributed by atoms with E-state index in [-0.39, 0.29) is 41.5 Å². The van der Waals surface area contributed by atoms with Crippen molar-refractivity contribution in [1.29, 1.82) is 0 Å². The van der Waals surface area contributed by atoms with E-state index in [1.807, 2.05) is 0 Å². The first kappa shape index (κ1) is 21.6. The summed E-state index contributed by atoms with van der Waals surface area (Å²) in [6, 6.07) is 0. The number of hydrogen-bond donors (Lipinski definition) is 2. The Labute approximate surface area is 166 Å². The van der Waals surface area contributed by atoms with Gasteiger partial charge in [-0.1, -0.05) is 12.2 Å². The molecule has 0 saturated heterocycles. The predicted molar refractivity (Wildman–Crippen MR) is 103 cm³/mol. The molecule has 8 nitrogen and oxygen atoms in total. The summed E-state index contributed by atoms with van der Waals surface area (Å²) in [5, 5.41) is 12.2. The van der Waals surface area contributed by atoms with Gasteiger partial charge in [-0.25, -0.2) is 9.59 Å². The topological polar surface area (TPSA) is 119 Å². The second-order valence-corrected chi connectivity index (χ2v) is 7.21. The van der Waals surface area contributed by atoms with Crippen LogP contribution in [0.1, 0.15) is 52.3 Å². The molecule has 0 aliphatic heterocycles. The Balaban J connectivity index is 2.37. The van der Waals surface area contributed by atoms with Gasteiger partial charge in [0.05, 0.1) is 30.6 Å². The largest absolute Gasteiger partial charge is 0.481 e. The lowest BCUT2D eigenvalue weighted by Crippen LogP contribution is -2.34. The van der Waals surface area contributed by atoms with Gasteiger partial charge in [-0.05, 0) is 39.2 Å². The first-order valence-electron chi connectivity index (χ1n) is 8.98. The Morgan fingerprint density at radius 2 is 1.64 bits per heavy atom. The number of aliphatic carboxylic acids is 1. The van der Waals surface area contributed by atoms with Crippen molar-refractivity contribution in [1.82, 2.24) is 0 Å². The van der Waals surface area contributed by atoms with Gasteiger partial charge in [0.2, 0.25) is 5.91 Å². The molecule has 1 aromatic rings. The molecule has 0 bridgehead atoms. The van der Waals surface area contributed by atoms with Gasteiger partial charge in [0.25, 0.3) is 0 Å². The standard InChI is InChI=1S/C19H23NO7S/c1-4-26-18(24)13-10(3)14(19(25)27-5-2)28-16(13)20-15(21)11-8-6-7-9-12(11)17(22)23/h6-7,11-12H,4-5,8-9H2,1-3H3,(H,20,21)(H,22,23)/t11-,12-/m1/s1. The molecule has 2 N–H and O–H groups in total. The minimum Gasteiger partial charge on any atom is -0.481 e. The van der Waals surface area contributed by atoms with Gasteiger partial charge in [0, 0.05) is 0 Å². The first-order valence-corrected chi connectivity index (χ1v) is 9.79. The average molecular weight is 409 g/mol. The molecule has 28 heavy (non-hydrogen) atoms. The van der Waals surface area contributed by atoms with Gasteiger partial charge in [0.15, 0.2) is 0 Å². The van der Waals surface area contributed by atoms with Crippen molar-refractivity contribution in [3.8, 4) is 0 Å². The molecule has 1 aromatic heterocycles. The number of carbonyl (C=O) groups excluding carboxylic acids is 3. The molecule has 1 aliphatic carbocycles. The third kappa shape index (κ3) is 4.59. The van der Waals surface area contributed by atoms with Gasteiger partial charge >= 0.3 is 17.9 Å². The van der Waals surface area contributed by atoms with Crippen LogP contribution in [0.5, 0.6) is 0 Å². The smallest absolute Gasteiger partial charge is 0.348 e. The number of hydrogen-bond acceptors (Lipinski definition) is 7. The monoisotopic (exact) mass is 409 g/mol. The fourth-order valence-corrected chi connectivity index (χ4v) is 4.12. The molecule has 0 aromatic carbocycles. The van der Waals surface area contributed by atoms with E-state index in [2.05, 4.69) is 5.32 Å². The van der Waals surface area contributed by atoms with Crippen LogP contribution in [-0.4, -0.2) is 42.1 Å². The Hall–Kier alpha value is -2.68. The number of nitrogens with one attached hydrogen (secondary N) is 1. The van der Waals surface area contributed by atoms with Crippen LogP contribution in [0.15, 0.2) is 12.2 Å². The highest BCUT2D eigenvalue weighted by Crippen LogP contribution is 2.36. The molecule has 0 unspecified atom stereocenters. The molecular weight excluding hydrogens is 386 g/mol. The second-order valence-electron chi connectivity index (χ2n) is 6.18. The summed E-state index contributed by atoms with van der Waals surface area (Å²) in [4.78, 5) is 49.0. The lowest BCUT2D eigenvalue weighted by molar-refractivity contribution is -0.146. The summed E-state index contributed by atoms with van der Waals surface area (Å²) in [5.41, 5.74) is 0.442. The van der Waals surface area contributed by atoms with E-state index < -0.39 is 35.7 Å². The summed E-state index contributed by atoms with van der Waals surface area (Å²) >= 11 is 0.918. The maximum Gasteiger partial charge on any atom is 0.348 e. The molecule has 0 spiro atoms. The van der Waals surface area contributed by atoms with Crippen molar-refractivity contribution in [3.05, 3.63) is 28.2 Å². The van der Waals surface area contributed by atoms with E-state index in [0.717, 1.165) is 11.3 Å². The van der Waals surface area contributed by atoms with Crippen LogP contribution >= 0.6 is 11.3 Å². The summed E-state index contributed by atoms with van der Waals surface area (Å²) in [6.07, 6.45) is 4.04. The van der Waals surface area contributed by atoms with Crippen LogP contribution in [0.25, 0.3) is 0 Å². The lowest BCUT2D eigenvalue weighted by Gasteiger charge is -2.24. The van der Waals surface area contributed by atoms with E-state index in [4.69, 9.17) is 9.47 Å². The number of anilines is 1. The first-order chi connectivity index (χ1) is 13.3. The zero-order chi connectivity index (χ0) is 20.8. The Morgan fingerprint density at radius 1 is 1.07 bits per heavy atom. The van der Waals surface area contributed by atoms with Crippen molar-refractivity contribution < 1.29 is 33.8 Å². The van der Waals surface area contributed by atoms with Crippen molar-refractivity contribution in [2.45, 2.75) is 33.6 Å². The molecule has 0 radical (unpaired) electrons. The van der Waals surface area contributed by atoms with Gasteiger partial charge < -0.3 is 19.9 Å². The zero-order valence-electron chi connectivity index (χ0n) is 15.9. The maximum absolute atomic E-state index is 12.8. The SMILES string of the molecule is CCOC(=O)c1sc(NC(=O)[C@@H]2CC=CC[C@H]2C(=O)O)c(C(=O)OCC)c1C. The predicted octanol–water partition coefficient (Wildman–Crippen LogP) is 3.02. The Morgan fingerprint density at radius 3 is 2.21 bits per heavy atom. The van der Waals surface area contributed by atoms with E-state index in [9.17, 15) is 24.3 Å². The summed E-state index contributed by atoms with van der Waals surface area (Å²) in [5.74, 6) is -4.45. The number of thiophene rings is 1. The summed E-state index contributed by atoms with van der Waals surface area (Å²) in [6.45, 7) is 5.19. The van der Waals surface area contributed by atoms with E-state index in [0.29, 0.717) is 5.56 Å². The van der Waals surface area contributed by atoms with Crippen molar-refractivity contribution in [3.63, 3.8) is 0 Å². The highest BCUT2D eigenvalue weighted by atomic mass is 32.1. The molecule has 152 valence electrons. The number of carbonyl (C=O) groups is 4. The van der Waals surface area contributed by atoms with Crippen LogP contribution in [0, 0.1) is 18.8 Å². The number of esters is 2. The van der Waals surface area contributed by atoms with Crippen LogP contribution in [0.4, 0.5) is 5.00 Å². The number of ether oxygens (including phenoxy) is 2. The summed E-state index contributed by atoms with van der Waals surface area (Å²) in [7, 11) is 0. The van der Waals surface area contributed by atoms with Gasteiger partial charge in [-0.2, -0.15) is 0 Å². The third-order valence-corrected chi connectivity index (χ3v) is 5.60. The second kappa shape index (κ2) is 9.50. The molecule has 2 rings (SSSR count). The summed E-state index contributed by atoms with van der Waals surface area (Å²) < 4.78 is 10.1. The number of rotatable bonds is 7. The minimum atomic E-state index is -1.05. The average Bonchev–Trinajstić information content (AvgIpc) is 2.98. The minimum absolute atomic E-state index is 0.0847. The van der Waals surface area contributed by atoms with Crippen molar-refractivity contribution in [2.24, 2.45) is 11.8 Å². The Kier molecular flexibility index (Phi) is 7.33. The number of allylic oxidation sites excluding steroid dienone is 2. The molecule has 1 aliphatic rings. The highest BCUT2D eigenvalue weighted by molar-refractivity contribution is 7.18. The molecular formula is C19H23NO7S. The number of carboxylic acids is 1. The highest BCUT2D eigenvalue weighted by Gasteiger charge is 2.35. The molecule has 1 amide bonds. The quantitative estimate of drug-likeness (QED) is 0.525. The van der Waals surface area contributed by atoms with Crippen molar-refractivity contribution >= 4 is 40.2 Å². The van der Waals surface area contributed by atoms with Crippen molar-refractivity contribution in [2.75, 3.05) is 18.5 Å². The fraction of sp³-hybridized carbons (Fsp3) is 0.474. The van der Waals surface area contributed by atoms with Crippen LogP contribution in [-0.2, 0) is 19.1 Å². The van der Waals surface area contributed by atoms with E-state index >= 15 is 0 Å². The van der Waals surface area contributed by atoms with Crippen LogP contribution < -0.4 is 5.32 Å². The molecule has 0 fully saturated rings. The Bertz CT molecular complexity index is 811. The lowest BCUT2D eigenvalue weighted by atomic mass is 9.82. The van der Waals surface area contributed by atoms with Gasteiger partial charge in [-0.3, -0.25) is 9.59 Å². The van der Waals surface area contributed by atoms with E-state index in [1.54, 1.807) is 32.9 Å². The molecule has 9 heteroatoms. The van der Waals surface area contributed by atoms with Crippen LogP contribution in [0.2, 0.25) is 0 Å². The number of carboxylic acid groups (broad SMARTS) is 1. The van der Waals surface area contributed by atoms with Gasteiger partial charge in [0.1, 0.15) is 9.88 Å². The van der Waals surface area contributed by atoms with Crippen LogP contribution in [0.3, 0.4) is 0 Å². The fourth-order valence-electron chi connectivity index (χ4n) is 3.02. The molecule has 0 saturated carbocycles. The molecule has 2 atom stereocenters. The van der Waals surface area contributed by atoms with Gasteiger partial charge in [-0.15, -0.1) is 11.3 Å². The maximum atomic E-state index is 12.8. The molecule has 1 heterocycles. The zero-order valence-corrected chi connectivity index (χ0v) is 16.8. The third-order valence-electron chi connectivity index (χ3n) is 4.41. The number of amides is 1. The van der Waals surface area contributed by atoms with E-state index in [1.165, 1.54) is 0 Å².